The van der Waals surface area contributed by atoms with Crippen LogP contribution in [0.3, 0.4) is 0 Å². The van der Waals surface area contributed by atoms with Crippen LogP contribution < -0.4 is 5.73 Å². The zero-order valence-corrected chi connectivity index (χ0v) is 12.3. The summed E-state index contributed by atoms with van der Waals surface area (Å²) in [6.07, 6.45) is 12.6. The number of nitrogens with two attached hydrogens (primary N) is 1. The molecule has 1 atom stereocenters. The lowest BCUT2D eigenvalue weighted by Crippen LogP contribution is -2.37. The highest BCUT2D eigenvalue weighted by atomic mass is 15.1. The summed E-state index contributed by atoms with van der Waals surface area (Å²) in [6.45, 7) is 7.26. The lowest BCUT2D eigenvalue weighted by Gasteiger charge is -2.38. The molecule has 2 heteroatoms. The van der Waals surface area contributed by atoms with Crippen LogP contribution in [0.1, 0.15) is 64.7 Å². The third-order valence-electron chi connectivity index (χ3n) is 5.41. The van der Waals surface area contributed by atoms with Crippen molar-refractivity contribution in [3.05, 3.63) is 0 Å². The summed E-state index contributed by atoms with van der Waals surface area (Å²) in [4.78, 5) is 2.70. The van der Waals surface area contributed by atoms with Gasteiger partial charge in [0.05, 0.1) is 0 Å². The highest BCUT2D eigenvalue weighted by Gasteiger charge is 2.30. The molecule has 1 aliphatic carbocycles. The molecule has 18 heavy (non-hydrogen) atoms. The first-order valence-electron chi connectivity index (χ1n) is 8.16. The van der Waals surface area contributed by atoms with Crippen LogP contribution in [0.25, 0.3) is 0 Å². The standard InChI is InChI=1S/C16H32N2/c1-15-6-5-11-18(12-7-15)13-10-16(14-17)8-3-2-4-9-16/h15H,2-14,17H2,1H3. The van der Waals surface area contributed by atoms with Crippen molar-refractivity contribution in [1.82, 2.24) is 4.90 Å². The molecule has 0 radical (unpaired) electrons. The molecule has 2 aliphatic rings. The predicted molar refractivity (Wildman–Crippen MR) is 78.6 cm³/mol. The van der Waals surface area contributed by atoms with Crippen LogP contribution in [0.15, 0.2) is 0 Å². The Hall–Kier alpha value is -0.0800. The molecule has 2 nitrogen and oxygen atoms in total. The van der Waals surface area contributed by atoms with Gasteiger partial charge in [-0.25, -0.2) is 0 Å². The fourth-order valence-corrected chi connectivity index (χ4v) is 3.80. The van der Waals surface area contributed by atoms with Crippen molar-refractivity contribution in [2.45, 2.75) is 64.7 Å². The Morgan fingerprint density at radius 2 is 1.83 bits per heavy atom. The second kappa shape index (κ2) is 6.91. The molecule has 1 unspecified atom stereocenters. The lowest BCUT2D eigenvalue weighted by atomic mass is 9.72. The SMILES string of the molecule is CC1CCCN(CCC2(CN)CCCCC2)CC1. The fourth-order valence-electron chi connectivity index (χ4n) is 3.80. The van der Waals surface area contributed by atoms with Gasteiger partial charge in [-0.2, -0.15) is 0 Å². The van der Waals surface area contributed by atoms with E-state index in [0.29, 0.717) is 5.41 Å². The molecule has 106 valence electrons. The van der Waals surface area contributed by atoms with Crippen molar-refractivity contribution in [3.63, 3.8) is 0 Å². The Kier molecular flexibility index (Phi) is 5.50. The number of likely N-dealkylation sites (tertiary alicyclic amines) is 1. The molecule has 1 aliphatic heterocycles. The van der Waals surface area contributed by atoms with Gasteiger partial charge in [-0.15, -0.1) is 0 Å². The molecule has 1 heterocycles. The minimum atomic E-state index is 0.496. The summed E-state index contributed by atoms with van der Waals surface area (Å²) in [7, 11) is 0. The summed E-state index contributed by atoms with van der Waals surface area (Å²) in [6, 6.07) is 0. The van der Waals surface area contributed by atoms with Crippen LogP contribution in [0.2, 0.25) is 0 Å². The zero-order chi connectivity index (χ0) is 12.8. The summed E-state index contributed by atoms with van der Waals surface area (Å²) < 4.78 is 0. The molecule has 0 aromatic carbocycles. The van der Waals surface area contributed by atoms with Crippen LogP contribution in [0.5, 0.6) is 0 Å². The Morgan fingerprint density at radius 3 is 2.56 bits per heavy atom. The first kappa shape index (κ1) is 14.3. The van der Waals surface area contributed by atoms with E-state index in [1.807, 2.05) is 0 Å². The van der Waals surface area contributed by atoms with Gasteiger partial charge in [0, 0.05) is 0 Å². The third kappa shape index (κ3) is 3.96. The van der Waals surface area contributed by atoms with Crippen LogP contribution in [0, 0.1) is 11.3 Å². The number of rotatable bonds is 4. The average molecular weight is 252 g/mol. The molecule has 0 spiro atoms. The van der Waals surface area contributed by atoms with Crippen molar-refractivity contribution >= 4 is 0 Å². The van der Waals surface area contributed by atoms with Gasteiger partial charge in [-0.1, -0.05) is 26.2 Å². The van der Waals surface area contributed by atoms with Gasteiger partial charge in [-0.3, -0.25) is 0 Å². The second-order valence-corrected chi connectivity index (χ2v) is 6.89. The molecule has 2 rings (SSSR count). The predicted octanol–water partition coefficient (Wildman–Crippen LogP) is 3.41. The Balaban J connectivity index is 1.78. The van der Waals surface area contributed by atoms with Gasteiger partial charge in [0.15, 0.2) is 0 Å². The Bertz CT molecular complexity index is 233. The molecule has 0 bridgehead atoms. The molecule has 0 amide bonds. The smallest absolute Gasteiger partial charge is 0.00130 e. The molecular weight excluding hydrogens is 220 g/mol. The van der Waals surface area contributed by atoms with E-state index in [9.17, 15) is 0 Å². The minimum absolute atomic E-state index is 0.496. The molecule has 2 N–H and O–H groups in total. The normalized spacial score (nSPS) is 30.0. The van der Waals surface area contributed by atoms with Gasteiger partial charge in [-0.05, 0) is 76.0 Å². The van der Waals surface area contributed by atoms with Crippen LogP contribution in [0.4, 0.5) is 0 Å². The minimum Gasteiger partial charge on any atom is -0.330 e. The maximum Gasteiger partial charge on any atom is -0.00130 e. The second-order valence-electron chi connectivity index (χ2n) is 6.89. The van der Waals surface area contributed by atoms with E-state index in [2.05, 4.69) is 11.8 Å². The maximum absolute atomic E-state index is 6.09. The maximum atomic E-state index is 6.09. The molecule has 0 aromatic heterocycles. The van der Waals surface area contributed by atoms with Gasteiger partial charge in [0.2, 0.25) is 0 Å². The van der Waals surface area contributed by atoms with Crippen molar-refractivity contribution in [2.24, 2.45) is 17.1 Å². The van der Waals surface area contributed by atoms with Crippen LogP contribution >= 0.6 is 0 Å². The Morgan fingerprint density at radius 1 is 1.06 bits per heavy atom. The molecule has 1 saturated heterocycles. The third-order valence-corrected chi connectivity index (χ3v) is 5.41. The summed E-state index contributed by atoms with van der Waals surface area (Å²) >= 11 is 0. The van der Waals surface area contributed by atoms with E-state index in [1.165, 1.54) is 77.4 Å². The Labute approximate surface area is 113 Å². The molecule has 1 saturated carbocycles. The van der Waals surface area contributed by atoms with E-state index < -0.39 is 0 Å². The van der Waals surface area contributed by atoms with E-state index >= 15 is 0 Å². The quantitative estimate of drug-likeness (QED) is 0.831. The van der Waals surface area contributed by atoms with Gasteiger partial charge in [0.1, 0.15) is 0 Å². The van der Waals surface area contributed by atoms with Gasteiger partial charge in [0.25, 0.3) is 0 Å². The van der Waals surface area contributed by atoms with Crippen molar-refractivity contribution < 1.29 is 0 Å². The van der Waals surface area contributed by atoms with E-state index in [4.69, 9.17) is 5.73 Å². The molecule has 0 aromatic rings. The summed E-state index contributed by atoms with van der Waals surface area (Å²) in [5.74, 6) is 0.938. The first-order valence-corrected chi connectivity index (χ1v) is 8.16. The summed E-state index contributed by atoms with van der Waals surface area (Å²) in [5, 5.41) is 0. The monoisotopic (exact) mass is 252 g/mol. The average Bonchev–Trinajstić information content (AvgIpc) is 2.62. The number of nitrogens with zero attached hydrogens (tertiary/aromatic N) is 1. The van der Waals surface area contributed by atoms with E-state index in [-0.39, 0.29) is 0 Å². The highest BCUT2D eigenvalue weighted by Crippen LogP contribution is 2.38. The largest absolute Gasteiger partial charge is 0.330 e. The number of hydrogen-bond donors (Lipinski definition) is 1. The van der Waals surface area contributed by atoms with Gasteiger partial charge >= 0.3 is 0 Å². The zero-order valence-electron chi connectivity index (χ0n) is 12.3. The summed E-state index contributed by atoms with van der Waals surface area (Å²) in [5.41, 5.74) is 6.58. The topological polar surface area (TPSA) is 29.3 Å². The molecular formula is C16H32N2. The van der Waals surface area contributed by atoms with E-state index in [1.54, 1.807) is 0 Å². The van der Waals surface area contributed by atoms with Crippen molar-refractivity contribution in [1.29, 1.82) is 0 Å². The molecule has 2 fully saturated rings. The lowest BCUT2D eigenvalue weighted by molar-refractivity contribution is 0.147. The van der Waals surface area contributed by atoms with E-state index in [0.717, 1.165) is 12.5 Å². The van der Waals surface area contributed by atoms with Crippen molar-refractivity contribution in [3.8, 4) is 0 Å². The number of hydrogen-bond acceptors (Lipinski definition) is 2. The van der Waals surface area contributed by atoms with Crippen molar-refractivity contribution in [2.75, 3.05) is 26.2 Å². The fraction of sp³-hybridized carbons (Fsp3) is 1.00. The highest BCUT2D eigenvalue weighted by molar-refractivity contribution is 4.85. The van der Waals surface area contributed by atoms with Crippen LogP contribution in [-0.2, 0) is 0 Å². The van der Waals surface area contributed by atoms with Gasteiger partial charge < -0.3 is 10.6 Å². The van der Waals surface area contributed by atoms with Crippen LogP contribution in [-0.4, -0.2) is 31.1 Å². The first-order chi connectivity index (χ1) is 8.74.